The van der Waals surface area contributed by atoms with Gasteiger partial charge in [0, 0.05) is 0 Å². The van der Waals surface area contributed by atoms with Gasteiger partial charge in [-0.05, 0) is 43.7 Å². The zero-order chi connectivity index (χ0) is 12.2. The first-order valence-electron chi connectivity index (χ1n) is 6.88. The largest absolute Gasteiger partial charge is 0.172 e. The van der Waals surface area contributed by atoms with Crippen molar-refractivity contribution in [2.45, 2.75) is 52.4 Å². The van der Waals surface area contributed by atoms with Gasteiger partial charge in [-0.25, -0.2) is 0 Å². The fourth-order valence-electron chi connectivity index (χ4n) is 2.57. The van der Waals surface area contributed by atoms with Crippen molar-refractivity contribution in [2.24, 2.45) is 11.8 Å². The summed E-state index contributed by atoms with van der Waals surface area (Å²) in [4.78, 5) is 0. The molecule has 2 radical (unpaired) electrons. The molecule has 94 valence electrons. The molecule has 0 aliphatic carbocycles. The zero-order valence-corrected chi connectivity index (χ0v) is 13.4. The first-order valence-corrected chi connectivity index (χ1v) is 9.87. The van der Waals surface area contributed by atoms with E-state index in [2.05, 4.69) is 20.5 Å². The van der Waals surface area contributed by atoms with Crippen LogP contribution in [0.2, 0.25) is 0 Å². The summed E-state index contributed by atoms with van der Waals surface area (Å²) in [6.07, 6.45) is 11.1. The van der Waals surface area contributed by atoms with Crippen molar-refractivity contribution in [1.82, 2.24) is 0 Å². The molecule has 0 nitrogen and oxygen atoms in total. The molecular weight excluding hydrogens is 229 g/mol. The summed E-state index contributed by atoms with van der Waals surface area (Å²) in [7, 11) is 7.46. The van der Waals surface area contributed by atoms with E-state index < -0.39 is 0 Å². The second-order valence-corrected chi connectivity index (χ2v) is 6.85. The lowest BCUT2D eigenvalue weighted by molar-refractivity contribution is 0.276. The molecule has 0 saturated carbocycles. The SMILES string of the molecule is [B]PCCC(CCPC)C(CCC)CCC. The Balaban J connectivity index is 4.15. The molecule has 0 aliphatic heterocycles. The molecule has 0 rings (SSSR count). The fraction of sp³-hybridized carbons (Fsp3) is 1.00. The van der Waals surface area contributed by atoms with Crippen molar-refractivity contribution in [3.05, 3.63) is 0 Å². The lowest BCUT2D eigenvalue weighted by Crippen LogP contribution is -2.16. The van der Waals surface area contributed by atoms with Gasteiger partial charge in [0.1, 0.15) is 7.57 Å². The molecule has 0 aliphatic rings. The van der Waals surface area contributed by atoms with E-state index in [0.29, 0.717) is 8.46 Å². The van der Waals surface area contributed by atoms with Crippen molar-refractivity contribution in [3.8, 4) is 0 Å². The van der Waals surface area contributed by atoms with Gasteiger partial charge in [-0.15, -0.1) is 8.58 Å². The van der Waals surface area contributed by atoms with Gasteiger partial charge in [0.25, 0.3) is 0 Å². The van der Waals surface area contributed by atoms with Crippen LogP contribution in [-0.4, -0.2) is 26.6 Å². The van der Waals surface area contributed by atoms with E-state index in [0.717, 1.165) is 20.4 Å². The van der Waals surface area contributed by atoms with Crippen LogP contribution in [0.25, 0.3) is 0 Å². The predicted octanol–water partition coefficient (Wildman–Crippen LogP) is 4.67. The minimum atomic E-state index is 0.655. The third kappa shape index (κ3) is 8.08. The van der Waals surface area contributed by atoms with Gasteiger partial charge in [-0.2, -0.15) is 8.46 Å². The van der Waals surface area contributed by atoms with Gasteiger partial charge in [-0.3, -0.25) is 0 Å². The van der Waals surface area contributed by atoms with Crippen LogP contribution in [0.15, 0.2) is 0 Å². The molecule has 16 heavy (non-hydrogen) atoms. The van der Waals surface area contributed by atoms with E-state index in [1.165, 1.54) is 50.8 Å². The Morgan fingerprint density at radius 3 is 1.81 bits per heavy atom. The summed E-state index contributed by atoms with van der Waals surface area (Å²) in [5.74, 6) is 1.94. The lowest BCUT2D eigenvalue weighted by atomic mass is 9.82. The van der Waals surface area contributed by atoms with Gasteiger partial charge >= 0.3 is 0 Å². The highest BCUT2D eigenvalue weighted by atomic mass is 31.1. The van der Waals surface area contributed by atoms with Crippen LogP contribution in [0, 0.1) is 11.8 Å². The number of hydrogen-bond acceptors (Lipinski definition) is 0. The zero-order valence-electron chi connectivity index (χ0n) is 11.4. The monoisotopic (exact) mass is 258 g/mol. The van der Waals surface area contributed by atoms with Crippen LogP contribution >= 0.6 is 17.0 Å². The Kier molecular flexibility index (Phi) is 13.1. The maximum absolute atomic E-state index is 5.68. The first-order chi connectivity index (χ1) is 7.79. The molecule has 0 aromatic carbocycles. The van der Waals surface area contributed by atoms with E-state index in [4.69, 9.17) is 7.57 Å². The summed E-state index contributed by atoms with van der Waals surface area (Å²) in [6, 6.07) is 0. The number of rotatable bonds is 11. The van der Waals surface area contributed by atoms with Gasteiger partial charge in [-0.1, -0.05) is 39.5 Å². The minimum absolute atomic E-state index is 0.655. The third-order valence-corrected chi connectivity index (χ3v) is 4.78. The van der Waals surface area contributed by atoms with E-state index in [1.54, 1.807) is 0 Å². The van der Waals surface area contributed by atoms with Crippen molar-refractivity contribution >= 4 is 24.6 Å². The molecular formula is C13H29BP2. The summed E-state index contributed by atoms with van der Waals surface area (Å²) in [6.45, 7) is 6.98. The molecule has 0 amide bonds. The average molecular weight is 258 g/mol. The Morgan fingerprint density at radius 2 is 1.38 bits per heavy atom. The maximum Gasteiger partial charge on any atom is 0.104 e. The Labute approximate surface area is 108 Å². The number of hydrogen-bond donors (Lipinski definition) is 0. The third-order valence-electron chi connectivity index (χ3n) is 3.41. The molecule has 0 bridgehead atoms. The summed E-state index contributed by atoms with van der Waals surface area (Å²) in [5.41, 5.74) is 0. The second-order valence-electron chi connectivity index (χ2n) is 4.73. The standard InChI is InChI=1S/C13H29BP2/c1-4-6-12(7-5-2)13(8-10-15-3)9-11-16-14/h12-13,15-16H,4-11H2,1-3H3. The molecule has 3 atom stereocenters. The molecule has 0 heterocycles. The van der Waals surface area contributed by atoms with Crippen LogP contribution in [0.1, 0.15) is 52.4 Å². The summed E-state index contributed by atoms with van der Waals surface area (Å²) >= 11 is 0. The van der Waals surface area contributed by atoms with Crippen LogP contribution < -0.4 is 0 Å². The van der Waals surface area contributed by atoms with Gasteiger partial charge in [0.15, 0.2) is 0 Å². The van der Waals surface area contributed by atoms with E-state index in [9.17, 15) is 0 Å². The van der Waals surface area contributed by atoms with Crippen LogP contribution in [0.3, 0.4) is 0 Å². The second kappa shape index (κ2) is 12.4. The smallest absolute Gasteiger partial charge is 0.104 e. The molecule has 0 aromatic heterocycles. The Bertz CT molecular complexity index is 128. The Morgan fingerprint density at radius 1 is 0.875 bits per heavy atom. The summed E-state index contributed by atoms with van der Waals surface area (Å²) in [5, 5.41) is 0. The molecule has 0 aromatic rings. The van der Waals surface area contributed by atoms with Crippen molar-refractivity contribution in [1.29, 1.82) is 0 Å². The topological polar surface area (TPSA) is 0 Å². The lowest BCUT2D eigenvalue weighted by Gasteiger charge is -2.27. The maximum atomic E-state index is 5.68. The van der Waals surface area contributed by atoms with Crippen LogP contribution in [0.5, 0.6) is 0 Å². The quantitative estimate of drug-likeness (QED) is 0.373. The summed E-state index contributed by atoms with van der Waals surface area (Å²) < 4.78 is 0. The van der Waals surface area contributed by atoms with E-state index in [1.807, 2.05) is 0 Å². The van der Waals surface area contributed by atoms with Crippen molar-refractivity contribution in [2.75, 3.05) is 19.0 Å². The van der Waals surface area contributed by atoms with Crippen LogP contribution in [-0.2, 0) is 0 Å². The first kappa shape index (κ1) is 16.9. The predicted molar refractivity (Wildman–Crippen MR) is 84.1 cm³/mol. The molecule has 0 N–H and O–H groups in total. The molecule has 0 spiro atoms. The average Bonchev–Trinajstić information content (AvgIpc) is 2.29. The fourth-order valence-corrected chi connectivity index (χ4v) is 3.77. The minimum Gasteiger partial charge on any atom is -0.172 e. The molecule has 3 heteroatoms. The molecule has 3 unspecified atom stereocenters. The van der Waals surface area contributed by atoms with Crippen molar-refractivity contribution in [3.63, 3.8) is 0 Å². The van der Waals surface area contributed by atoms with Gasteiger partial charge < -0.3 is 0 Å². The highest BCUT2D eigenvalue weighted by molar-refractivity contribution is 7.66. The van der Waals surface area contributed by atoms with Crippen molar-refractivity contribution < 1.29 is 0 Å². The Hall–Kier alpha value is 0.925. The highest BCUT2D eigenvalue weighted by Gasteiger charge is 2.18. The molecule has 0 saturated heterocycles. The van der Waals surface area contributed by atoms with Gasteiger partial charge in [0.2, 0.25) is 0 Å². The normalized spacial score (nSPS) is 14.8. The van der Waals surface area contributed by atoms with Crippen LogP contribution in [0.4, 0.5) is 0 Å². The highest BCUT2D eigenvalue weighted by Crippen LogP contribution is 2.31. The van der Waals surface area contributed by atoms with E-state index >= 15 is 0 Å². The van der Waals surface area contributed by atoms with E-state index in [-0.39, 0.29) is 0 Å². The van der Waals surface area contributed by atoms with Gasteiger partial charge in [0.05, 0.1) is 0 Å². The molecule has 0 fully saturated rings.